The van der Waals surface area contributed by atoms with Crippen molar-refractivity contribution in [3.05, 3.63) is 55.9 Å². The van der Waals surface area contributed by atoms with Crippen LogP contribution in [0.5, 0.6) is 0 Å². The van der Waals surface area contributed by atoms with Crippen LogP contribution in [-0.2, 0) is 10.0 Å². The van der Waals surface area contributed by atoms with E-state index in [1.54, 1.807) is 12.1 Å². The summed E-state index contributed by atoms with van der Waals surface area (Å²) in [5.74, 6) is 0. The number of anilines is 1. The van der Waals surface area contributed by atoms with Gasteiger partial charge in [-0.15, -0.1) is 0 Å². The van der Waals surface area contributed by atoms with Crippen LogP contribution >= 0.6 is 43.5 Å². The first kappa shape index (κ1) is 16.3. The molecule has 0 aromatic heterocycles. The lowest BCUT2D eigenvalue weighted by atomic mass is 10.2. The molecule has 0 unspecified atom stereocenters. The molecule has 8 heteroatoms. The van der Waals surface area contributed by atoms with E-state index in [9.17, 15) is 8.42 Å². The van der Waals surface area contributed by atoms with Crippen molar-refractivity contribution in [2.45, 2.75) is 4.90 Å². The fourth-order valence-electron chi connectivity index (χ4n) is 1.56. The Morgan fingerprint density at radius 1 is 1.14 bits per heavy atom. The summed E-state index contributed by atoms with van der Waals surface area (Å²) >= 11 is 12.4. The van der Waals surface area contributed by atoms with E-state index >= 15 is 0 Å². The quantitative estimate of drug-likeness (QED) is 0.747. The van der Waals surface area contributed by atoms with Crippen molar-refractivity contribution in [2.75, 3.05) is 4.72 Å². The number of sulfonamides is 1. The summed E-state index contributed by atoms with van der Waals surface area (Å²) in [4.78, 5) is 0.0651. The number of nitrogens with one attached hydrogen (secondary N) is 1. The highest BCUT2D eigenvalue weighted by atomic mass is 79.9. The molecule has 2 rings (SSSR count). The molecule has 0 bridgehead atoms. The van der Waals surface area contributed by atoms with Crippen molar-refractivity contribution in [3.8, 4) is 6.07 Å². The maximum Gasteiger partial charge on any atom is 0.263 e. The molecule has 4 nitrogen and oxygen atoms in total. The summed E-state index contributed by atoms with van der Waals surface area (Å²) < 4.78 is 28.3. The maximum atomic E-state index is 12.4. The minimum Gasteiger partial charge on any atom is -0.278 e. The maximum absolute atomic E-state index is 12.4. The fraction of sp³-hybridized carbons (Fsp3) is 0. The molecule has 0 radical (unpaired) electrons. The molecule has 0 saturated heterocycles. The number of hydrogen-bond acceptors (Lipinski definition) is 3. The van der Waals surface area contributed by atoms with Crippen molar-refractivity contribution in [1.82, 2.24) is 0 Å². The van der Waals surface area contributed by atoms with Crippen LogP contribution in [0.3, 0.4) is 0 Å². The third-order valence-electron chi connectivity index (χ3n) is 2.52. The third-order valence-corrected chi connectivity index (χ3v) is 5.70. The van der Waals surface area contributed by atoms with Crippen molar-refractivity contribution in [1.29, 1.82) is 5.26 Å². The van der Waals surface area contributed by atoms with Gasteiger partial charge in [-0.25, -0.2) is 8.42 Å². The van der Waals surface area contributed by atoms with Crippen molar-refractivity contribution in [2.24, 2.45) is 0 Å². The van der Waals surface area contributed by atoms with Crippen LogP contribution in [0, 0.1) is 11.3 Å². The van der Waals surface area contributed by atoms with E-state index in [0.717, 1.165) is 0 Å². The standard InChI is InChI=1S/C13H7Br2ClN2O2S/c14-9-2-3-10(15)13(6-9)21(19,20)18-12-5-8(7-17)1-4-11(12)16/h1-6,18H. The van der Waals surface area contributed by atoms with Gasteiger partial charge in [-0.1, -0.05) is 27.5 Å². The zero-order valence-corrected chi connectivity index (χ0v) is 15.0. The van der Waals surface area contributed by atoms with Gasteiger partial charge in [0.15, 0.2) is 0 Å². The second-order valence-corrected chi connectivity index (χ2v) is 7.81. The van der Waals surface area contributed by atoms with Gasteiger partial charge in [-0.2, -0.15) is 5.26 Å². The number of halogens is 3. The minimum atomic E-state index is -3.83. The second kappa shape index (κ2) is 6.36. The summed E-state index contributed by atoms with van der Waals surface area (Å²) in [6.07, 6.45) is 0. The van der Waals surface area contributed by atoms with Gasteiger partial charge in [0.05, 0.1) is 22.3 Å². The van der Waals surface area contributed by atoms with Gasteiger partial charge in [0.25, 0.3) is 10.0 Å². The van der Waals surface area contributed by atoms with Crippen LogP contribution in [0.25, 0.3) is 0 Å². The largest absolute Gasteiger partial charge is 0.278 e. The Balaban J connectivity index is 2.47. The molecule has 21 heavy (non-hydrogen) atoms. The molecule has 0 fully saturated rings. The lowest BCUT2D eigenvalue weighted by molar-refractivity contribution is 0.600. The van der Waals surface area contributed by atoms with E-state index in [1.165, 1.54) is 24.3 Å². The van der Waals surface area contributed by atoms with Crippen molar-refractivity contribution in [3.63, 3.8) is 0 Å². The highest BCUT2D eigenvalue weighted by Crippen LogP contribution is 2.30. The predicted molar refractivity (Wildman–Crippen MR) is 88.8 cm³/mol. The van der Waals surface area contributed by atoms with Gasteiger partial charge in [0, 0.05) is 8.95 Å². The number of hydrogen-bond donors (Lipinski definition) is 1. The molecule has 0 saturated carbocycles. The van der Waals surface area contributed by atoms with E-state index in [0.29, 0.717) is 14.5 Å². The van der Waals surface area contributed by atoms with Crippen LogP contribution in [0.2, 0.25) is 5.02 Å². The Morgan fingerprint density at radius 3 is 2.52 bits per heavy atom. The zero-order chi connectivity index (χ0) is 15.6. The molecule has 0 atom stereocenters. The minimum absolute atomic E-state index is 0.0651. The number of benzene rings is 2. The van der Waals surface area contributed by atoms with Crippen LogP contribution in [0.15, 0.2) is 50.2 Å². The van der Waals surface area contributed by atoms with E-state index in [4.69, 9.17) is 16.9 Å². The molecular formula is C13H7Br2ClN2O2S. The molecule has 0 spiro atoms. The lowest BCUT2D eigenvalue weighted by Crippen LogP contribution is -2.14. The molecule has 0 heterocycles. The SMILES string of the molecule is N#Cc1ccc(Cl)c(NS(=O)(=O)c2cc(Br)ccc2Br)c1. The topological polar surface area (TPSA) is 70.0 Å². The van der Waals surface area contributed by atoms with Crippen LogP contribution < -0.4 is 4.72 Å². The molecule has 0 aliphatic carbocycles. The first-order chi connectivity index (χ1) is 9.83. The Kier molecular flexibility index (Phi) is 4.94. The zero-order valence-electron chi connectivity index (χ0n) is 10.3. The van der Waals surface area contributed by atoms with E-state index in [-0.39, 0.29) is 15.6 Å². The summed E-state index contributed by atoms with van der Waals surface area (Å²) in [6.45, 7) is 0. The van der Waals surface area contributed by atoms with E-state index in [2.05, 4.69) is 36.6 Å². The summed E-state index contributed by atoms with van der Waals surface area (Å²) in [5.41, 5.74) is 0.466. The van der Waals surface area contributed by atoms with Crippen LogP contribution in [-0.4, -0.2) is 8.42 Å². The smallest absolute Gasteiger partial charge is 0.263 e. The molecular weight excluding hydrogens is 443 g/mol. The first-order valence-electron chi connectivity index (χ1n) is 5.51. The molecule has 108 valence electrons. The summed E-state index contributed by atoms with van der Waals surface area (Å²) in [6, 6.07) is 11.1. The van der Waals surface area contributed by atoms with Gasteiger partial charge in [0.2, 0.25) is 0 Å². The van der Waals surface area contributed by atoms with Crippen LogP contribution in [0.1, 0.15) is 5.56 Å². The Labute approximate surface area is 144 Å². The van der Waals surface area contributed by atoms with Gasteiger partial charge < -0.3 is 0 Å². The third kappa shape index (κ3) is 3.77. The molecule has 0 aliphatic rings. The highest BCUT2D eigenvalue weighted by molar-refractivity contribution is 9.11. The predicted octanol–water partition coefficient (Wildman–Crippen LogP) is 4.54. The van der Waals surface area contributed by atoms with Gasteiger partial charge in [-0.3, -0.25) is 4.72 Å². The molecule has 2 aromatic rings. The van der Waals surface area contributed by atoms with Crippen molar-refractivity contribution < 1.29 is 8.42 Å². The van der Waals surface area contributed by atoms with Crippen LogP contribution in [0.4, 0.5) is 5.69 Å². The van der Waals surface area contributed by atoms with E-state index < -0.39 is 10.0 Å². The first-order valence-corrected chi connectivity index (χ1v) is 8.96. The number of rotatable bonds is 3. The molecule has 2 aromatic carbocycles. The average molecular weight is 451 g/mol. The lowest BCUT2D eigenvalue weighted by Gasteiger charge is -2.11. The molecule has 0 aliphatic heterocycles. The van der Waals surface area contributed by atoms with Gasteiger partial charge in [-0.05, 0) is 52.3 Å². The summed E-state index contributed by atoms with van der Waals surface area (Å²) in [5, 5.41) is 9.08. The molecule has 1 N–H and O–H groups in total. The van der Waals surface area contributed by atoms with Gasteiger partial charge in [0.1, 0.15) is 4.90 Å². The second-order valence-electron chi connectivity index (χ2n) is 3.99. The monoisotopic (exact) mass is 448 g/mol. The number of nitrogens with zero attached hydrogens (tertiary/aromatic N) is 1. The van der Waals surface area contributed by atoms with E-state index in [1.807, 2.05) is 6.07 Å². The van der Waals surface area contributed by atoms with Gasteiger partial charge >= 0.3 is 0 Å². The number of nitriles is 1. The fourth-order valence-corrected chi connectivity index (χ4v) is 4.35. The Bertz CT molecular complexity index is 848. The van der Waals surface area contributed by atoms with Crippen molar-refractivity contribution >= 4 is 59.2 Å². The molecule has 0 amide bonds. The highest BCUT2D eigenvalue weighted by Gasteiger charge is 2.19. The Hall–Kier alpha value is -1.07. The summed E-state index contributed by atoms with van der Waals surface area (Å²) in [7, 11) is -3.83. The average Bonchev–Trinajstić information content (AvgIpc) is 2.43. The Morgan fingerprint density at radius 2 is 1.86 bits per heavy atom. The normalized spacial score (nSPS) is 11.0.